The number of aromatic nitrogens is 2. The molecule has 1 saturated carbocycles. The van der Waals surface area contributed by atoms with Crippen LogP contribution >= 0.6 is 0 Å². The van der Waals surface area contributed by atoms with E-state index in [1.165, 1.54) is 6.92 Å². The first-order chi connectivity index (χ1) is 16.5. The fourth-order valence-electron chi connectivity index (χ4n) is 5.44. The highest BCUT2D eigenvalue weighted by Gasteiger charge is 2.38. The molecule has 0 spiro atoms. The number of carbonyl (C=O) groups is 3. The van der Waals surface area contributed by atoms with Crippen LogP contribution in [0.25, 0.3) is 0 Å². The lowest BCUT2D eigenvalue weighted by Gasteiger charge is -2.36. The zero-order valence-corrected chi connectivity index (χ0v) is 20.2. The van der Waals surface area contributed by atoms with Gasteiger partial charge in [-0.05, 0) is 25.7 Å². The molecule has 2 aliphatic heterocycles. The molecule has 188 valence electrons. The summed E-state index contributed by atoms with van der Waals surface area (Å²) in [5, 5.41) is 7.28. The molecule has 1 aromatic rings. The summed E-state index contributed by atoms with van der Waals surface area (Å²) in [6, 6.07) is 0. The maximum Gasteiger partial charge on any atom is 0.227 e. The third-order valence-electron chi connectivity index (χ3n) is 7.27. The number of piperidine rings is 1. The van der Waals surface area contributed by atoms with E-state index in [9.17, 15) is 14.4 Å². The van der Waals surface area contributed by atoms with Gasteiger partial charge in [0.1, 0.15) is 5.54 Å². The molecular weight excluding hydrogens is 438 g/mol. The number of aryl methyl sites for hydroxylation is 1. The monoisotopic (exact) mass is 475 g/mol. The molecule has 10 heteroatoms. The molecule has 10 nitrogen and oxygen atoms in total. The summed E-state index contributed by atoms with van der Waals surface area (Å²) in [6.45, 7) is 5.07. The van der Waals surface area contributed by atoms with Crippen molar-refractivity contribution in [3.8, 4) is 0 Å². The molecule has 34 heavy (non-hydrogen) atoms. The lowest BCUT2D eigenvalue weighted by atomic mass is 9.89. The highest BCUT2D eigenvalue weighted by Crippen LogP contribution is 2.34. The van der Waals surface area contributed by atoms with E-state index in [1.54, 1.807) is 4.90 Å². The minimum absolute atomic E-state index is 0.00488. The Balaban J connectivity index is 1.33. The van der Waals surface area contributed by atoms with Gasteiger partial charge in [0.2, 0.25) is 23.6 Å². The number of amides is 3. The molecule has 3 amide bonds. The number of rotatable bonds is 6. The highest BCUT2D eigenvalue weighted by molar-refractivity contribution is 5.81. The van der Waals surface area contributed by atoms with E-state index in [0.717, 1.165) is 51.4 Å². The van der Waals surface area contributed by atoms with Crippen LogP contribution in [0.15, 0.2) is 4.52 Å². The van der Waals surface area contributed by atoms with Crippen molar-refractivity contribution in [1.29, 1.82) is 0 Å². The van der Waals surface area contributed by atoms with E-state index in [0.29, 0.717) is 57.5 Å². The first kappa shape index (κ1) is 24.6. The van der Waals surface area contributed by atoms with Crippen molar-refractivity contribution in [2.45, 2.75) is 76.7 Å². The summed E-state index contributed by atoms with van der Waals surface area (Å²) in [4.78, 5) is 45.9. The van der Waals surface area contributed by atoms with E-state index in [4.69, 9.17) is 9.26 Å². The predicted molar refractivity (Wildman–Crippen MR) is 123 cm³/mol. The number of likely N-dealkylation sites (tertiary alicyclic amines) is 1. The van der Waals surface area contributed by atoms with Crippen molar-refractivity contribution < 1.29 is 23.6 Å². The quantitative estimate of drug-likeness (QED) is 0.623. The van der Waals surface area contributed by atoms with Gasteiger partial charge in [0, 0.05) is 45.9 Å². The average Bonchev–Trinajstić information content (AvgIpc) is 3.22. The Morgan fingerprint density at radius 3 is 2.47 bits per heavy atom. The number of hydrogen-bond acceptors (Lipinski definition) is 7. The maximum absolute atomic E-state index is 12.9. The zero-order chi connectivity index (χ0) is 24.0. The van der Waals surface area contributed by atoms with Gasteiger partial charge in [0.15, 0.2) is 5.82 Å². The van der Waals surface area contributed by atoms with Gasteiger partial charge in [-0.3, -0.25) is 14.4 Å². The topological polar surface area (TPSA) is 118 Å². The van der Waals surface area contributed by atoms with Crippen LogP contribution in [0.4, 0.5) is 0 Å². The van der Waals surface area contributed by atoms with Crippen LogP contribution in [0.5, 0.6) is 0 Å². The first-order valence-corrected chi connectivity index (χ1v) is 12.7. The minimum atomic E-state index is -0.589. The van der Waals surface area contributed by atoms with Crippen molar-refractivity contribution in [1.82, 2.24) is 25.3 Å². The molecule has 1 atom stereocenters. The predicted octanol–water partition coefficient (Wildman–Crippen LogP) is 1.79. The van der Waals surface area contributed by atoms with Gasteiger partial charge in [-0.15, -0.1) is 0 Å². The number of morpholine rings is 1. The van der Waals surface area contributed by atoms with Gasteiger partial charge in [0.25, 0.3) is 0 Å². The van der Waals surface area contributed by atoms with Crippen LogP contribution in [-0.2, 0) is 31.1 Å². The summed E-state index contributed by atoms with van der Waals surface area (Å²) >= 11 is 0. The molecule has 2 saturated heterocycles. The van der Waals surface area contributed by atoms with Gasteiger partial charge in [-0.25, -0.2) is 0 Å². The summed E-state index contributed by atoms with van der Waals surface area (Å²) in [5.74, 6) is 0.823. The number of nitrogens with one attached hydrogen (secondary N) is 1. The number of nitrogens with zero attached hydrogens (tertiary/aromatic N) is 4. The van der Waals surface area contributed by atoms with Crippen molar-refractivity contribution in [2.75, 3.05) is 39.4 Å². The molecule has 0 radical (unpaired) electrons. The standard InChI is InChI=1S/C24H37N5O5/c1-18(30)26-24(10-4-2-3-5-11-24)23-25-20(34-27-23)8-9-21(31)29-12-6-7-19(17-29)22(32)28-13-15-33-16-14-28/h19H,2-17H2,1H3,(H,26,30). The van der Waals surface area contributed by atoms with Crippen LogP contribution in [0.1, 0.15) is 76.4 Å². The Kier molecular flexibility index (Phi) is 8.18. The molecule has 1 aliphatic carbocycles. The van der Waals surface area contributed by atoms with E-state index in [1.807, 2.05) is 4.90 Å². The molecule has 0 bridgehead atoms. The minimum Gasteiger partial charge on any atom is -0.378 e. The highest BCUT2D eigenvalue weighted by atomic mass is 16.5. The molecule has 3 heterocycles. The van der Waals surface area contributed by atoms with Gasteiger partial charge < -0.3 is 24.4 Å². The van der Waals surface area contributed by atoms with Crippen LogP contribution in [0.3, 0.4) is 0 Å². The Labute approximate surface area is 200 Å². The second-order valence-electron chi connectivity index (χ2n) is 9.81. The largest absolute Gasteiger partial charge is 0.378 e. The van der Waals surface area contributed by atoms with Crippen LogP contribution in [-0.4, -0.2) is 77.1 Å². The Hall–Kier alpha value is -2.49. The van der Waals surface area contributed by atoms with Crippen LogP contribution in [0, 0.1) is 5.92 Å². The third kappa shape index (κ3) is 5.95. The molecule has 4 rings (SSSR count). The van der Waals surface area contributed by atoms with Gasteiger partial charge in [0.05, 0.1) is 19.1 Å². The first-order valence-electron chi connectivity index (χ1n) is 12.7. The third-order valence-corrected chi connectivity index (χ3v) is 7.27. The second kappa shape index (κ2) is 11.3. The normalized spacial score (nSPS) is 23.3. The fraction of sp³-hybridized carbons (Fsp3) is 0.792. The molecular formula is C24H37N5O5. The maximum atomic E-state index is 12.9. The SMILES string of the molecule is CC(=O)NC1(c2noc(CCC(=O)N3CCCC(C(=O)N4CCOCC4)C3)n2)CCCCCC1. The Bertz CT molecular complexity index is 858. The van der Waals surface area contributed by atoms with Crippen LogP contribution < -0.4 is 5.32 Å². The zero-order valence-electron chi connectivity index (χ0n) is 20.2. The van der Waals surface area contributed by atoms with E-state index < -0.39 is 5.54 Å². The molecule has 3 aliphatic rings. The molecule has 1 aromatic heterocycles. The number of carbonyl (C=O) groups excluding carboxylic acids is 3. The van der Waals surface area contributed by atoms with Gasteiger partial charge in [-0.1, -0.05) is 30.8 Å². The lowest BCUT2D eigenvalue weighted by molar-refractivity contribution is -0.144. The number of ether oxygens (including phenoxy) is 1. The lowest BCUT2D eigenvalue weighted by Crippen LogP contribution is -2.49. The number of hydrogen-bond donors (Lipinski definition) is 1. The molecule has 1 N–H and O–H groups in total. The summed E-state index contributed by atoms with van der Waals surface area (Å²) < 4.78 is 10.8. The van der Waals surface area contributed by atoms with E-state index in [-0.39, 0.29) is 30.1 Å². The Morgan fingerprint density at radius 2 is 1.76 bits per heavy atom. The van der Waals surface area contributed by atoms with Gasteiger partial charge in [-0.2, -0.15) is 4.98 Å². The van der Waals surface area contributed by atoms with Crippen molar-refractivity contribution in [3.05, 3.63) is 11.7 Å². The van der Waals surface area contributed by atoms with E-state index >= 15 is 0 Å². The van der Waals surface area contributed by atoms with Gasteiger partial charge >= 0.3 is 0 Å². The summed E-state index contributed by atoms with van der Waals surface area (Å²) in [5.41, 5.74) is -0.589. The van der Waals surface area contributed by atoms with Crippen molar-refractivity contribution in [2.24, 2.45) is 5.92 Å². The molecule has 0 aromatic carbocycles. The fourth-order valence-corrected chi connectivity index (χ4v) is 5.44. The smallest absolute Gasteiger partial charge is 0.227 e. The summed E-state index contributed by atoms with van der Waals surface area (Å²) in [6.07, 6.45) is 8.09. The van der Waals surface area contributed by atoms with Crippen molar-refractivity contribution >= 4 is 17.7 Å². The average molecular weight is 476 g/mol. The Morgan fingerprint density at radius 1 is 1.03 bits per heavy atom. The second-order valence-corrected chi connectivity index (χ2v) is 9.81. The molecule has 3 fully saturated rings. The van der Waals surface area contributed by atoms with Crippen LogP contribution in [0.2, 0.25) is 0 Å². The molecule has 1 unspecified atom stereocenters. The summed E-state index contributed by atoms with van der Waals surface area (Å²) in [7, 11) is 0. The van der Waals surface area contributed by atoms with Crippen molar-refractivity contribution in [3.63, 3.8) is 0 Å². The van der Waals surface area contributed by atoms with E-state index in [2.05, 4.69) is 15.5 Å².